The molecule has 1 aromatic carbocycles. The minimum atomic E-state index is 0.616. The summed E-state index contributed by atoms with van der Waals surface area (Å²) in [5.74, 6) is 0.616. The number of amidine groups is 1. The maximum absolute atomic E-state index is 4.50. The summed E-state index contributed by atoms with van der Waals surface area (Å²) in [6, 6.07) is 9.66. The van der Waals surface area contributed by atoms with Crippen LogP contribution in [0.5, 0.6) is 0 Å². The van der Waals surface area contributed by atoms with Crippen LogP contribution in [0.15, 0.2) is 40.3 Å². The summed E-state index contributed by atoms with van der Waals surface area (Å²) in [7, 11) is 1.68. The summed E-state index contributed by atoms with van der Waals surface area (Å²) < 4.78 is 0. The van der Waals surface area contributed by atoms with Gasteiger partial charge in [-0.3, -0.25) is 4.99 Å². The van der Waals surface area contributed by atoms with E-state index in [2.05, 4.69) is 27.4 Å². The molecule has 0 N–H and O–H groups in total. The predicted molar refractivity (Wildman–Crippen MR) is 53.9 cm³/mol. The Morgan fingerprint density at radius 3 is 2.50 bits per heavy atom. The number of thiocarbonyl (C=S) groups is 1. The van der Waals surface area contributed by atoms with Crippen LogP contribution in [0.1, 0.15) is 5.56 Å². The van der Waals surface area contributed by atoms with Crippen LogP contribution in [0.25, 0.3) is 0 Å². The minimum Gasteiger partial charge on any atom is -0.269 e. The number of rotatable bonds is 1. The molecule has 60 valence electrons. The minimum absolute atomic E-state index is 0.616. The van der Waals surface area contributed by atoms with Gasteiger partial charge in [-0.15, -0.1) is 0 Å². The van der Waals surface area contributed by atoms with E-state index < -0.39 is 0 Å². The first-order chi connectivity index (χ1) is 5.88. The average molecular weight is 176 g/mol. The monoisotopic (exact) mass is 176 g/mol. The first-order valence-electron chi connectivity index (χ1n) is 3.48. The molecular formula is C9H8N2S. The number of isothiocyanates is 1. The van der Waals surface area contributed by atoms with Crippen molar-refractivity contribution < 1.29 is 0 Å². The number of nitrogens with zero attached hydrogens (tertiary/aromatic N) is 2. The molecule has 0 saturated carbocycles. The zero-order valence-electron chi connectivity index (χ0n) is 6.69. The lowest BCUT2D eigenvalue weighted by molar-refractivity contribution is 1.39. The van der Waals surface area contributed by atoms with Gasteiger partial charge in [0.05, 0.1) is 5.16 Å². The van der Waals surface area contributed by atoms with Crippen molar-refractivity contribution in [1.29, 1.82) is 0 Å². The highest BCUT2D eigenvalue weighted by Gasteiger charge is 1.96. The first kappa shape index (κ1) is 8.78. The molecule has 0 aromatic heterocycles. The van der Waals surface area contributed by atoms with Crippen LogP contribution in [0, 0.1) is 0 Å². The molecule has 0 aliphatic carbocycles. The molecule has 0 aliphatic rings. The summed E-state index contributed by atoms with van der Waals surface area (Å²) in [4.78, 5) is 7.80. The van der Waals surface area contributed by atoms with Crippen LogP contribution < -0.4 is 0 Å². The summed E-state index contributed by atoms with van der Waals surface area (Å²) in [5, 5.41) is 2.29. The summed E-state index contributed by atoms with van der Waals surface area (Å²) >= 11 is 4.50. The zero-order valence-corrected chi connectivity index (χ0v) is 7.51. The van der Waals surface area contributed by atoms with Crippen molar-refractivity contribution in [1.82, 2.24) is 0 Å². The lowest BCUT2D eigenvalue weighted by Gasteiger charge is -1.95. The van der Waals surface area contributed by atoms with E-state index in [-0.39, 0.29) is 0 Å². The maximum Gasteiger partial charge on any atom is 0.165 e. The van der Waals surface area contributed by atoms with Crippen LogP contribution in [-0.2, 0) is 0 Å². The quantitative estimate of drug-likeness (QED) is 0.365. The van der Waals surface area contributed by atoms with E-state index in [1.54, 1.807) is 7.05 Å². The number of aliphatic imine (C=N–C) groups is 2. The van der Waals surface area contributed by atoms with E-state index in [0.717, 1.165) is 5.56 Å². The third kappa shape index (κ3) is 2.09. The summed E-state index contributed by atoms with van der Waals surface area (Å²) in [6.07, 6.45) is 0. The Hall–Kier alpha value is -1.31. The smallest absolute Gasteiger partial charge is 0.165 e. The molecule has 12 heavy (non-hydrogen) atoms. The normalized spacial score (nSPS) is 10.6. The second kappa shape index (κ2) is 4.54. The highest BCUT2D eigenvalue weighted by molar-refractivity contribution is 7.78. The molecule has 0 amide bonds. The van der Waals surface area contributed by atoms with Gasteiger partial charge in [-0.2, -0.15) is 4.99 Å². The molecule has 1 rings (SSSR count). The molecule has 3 heteroatoms. The molecule has 0 unspecified atom stereocenters. The van der Waals surface area contributed by atoms with E-state index >= 15 is 0 Å². The fourth-order valence-corrected chi connectivity index (χ4v) is 0.961. The zero-order chi connectivity index (χ0) is 8.81. The van der Waals surface area contributed by atoms with Crippen molar-refractivity contribution >= 4 is 23.2 Å². The van der Waals surface area contributed by atoms with Gasteiger partial charge in [-0.1, -0.05) is 30.3 Å². The van der Waals surface area contributed by atoms with Crippen LogP contribution in [0.3, 0.4) is 0 Å². The third-order valence-electron chi connectivity index (χ3n) is 1.40. The molecular weight excluding hydrogens is 168 g/mol. The largest absolute Gasteiger partial charge is 0.269 e. The van der Waals surface area contributed by atoms with Gasteiger partial charge in [-0.05, 0) is 12.2 Å². The second-order valence-electron chi connectivity index (χ2n) is 2.12. The molecule has 0 atom stereocenters. The van der Waals surface area contributed by atoms with Crippen molar-refractivity contribution in [2.45, 2.75) is 0 Å². The van der Waals surface area contributed by atoms with Crippen molar-refractivity contribution in [3.8, 4) is 0 Å². The van der Waals surface area contributed by atoms with Gasteiger partial charge in [0.2, 0.25) is 0 Å². The number of benzene rings is 1. The van der Waals surface area contributed by atoms with Gasteiger partial charge in [0.15, 0.2) is 5.84 Å². The van der Waals surface area contributed by atoms with Crippen LogP contribution >= 0.6 is 12.2 Å². The molecule has 0 heterocycles. The molecule has 0 aliphatic heterocycles. The first-order valence-corrected chi connectivity index (χ1v) is 3.89. The third-order valence-corrected chi connectivity index (χ3v) is 1.49. The van der Waals surface area contributed by atoms with Gasteiger partial charge < -0.3 is 0 Å². The van der Waals surface area contributed by atoms with E-state index in [0.29, 0.717) is 5.84 Å². The highest BCUT2D eigenvalue weighted by atomic mass is 32.1. The predicted octanol–water partition coefficient (Wildman–Crippen LogP) is 2.17. The maximum atomic E-state index is 4.50. The van der Waals surface area contributed by atoms with Gasteiger partial charge in [0.1, 0.15) is 0 Å². The Morgan fingerprint density at radius 1 is 1.33 bits per heavy atom. The average Bonchev–Trinajstić information content (AvgIpc) is 2.15. The van der Waals surface area contributed by atoms with Gasteiger partial charge in [0, 0.05) is 12.6 Å². The van der Waals surface area contributed by atoms with Gasteiger partial charge in [0.25, 0.3) is 0 Å². The van der Waals surface area contributed by atoms with Crippen molar-refractivity contribution in [3.63, 3.8) is 0 Å². The Labute approximate surface area is 76.7 Å². The van der Waals surface area contributed by atoms with Crippen molar-refractivity contribution in [2.75, 3.05) is 7.05 Å². The number of hydrogen-bond acceptors (Lipinski definition) is 2. The molecule has 2 nitrogen and oxygen atoms in total. The molecule has 0 saturated heterocycles. The van der Waals surface area contributed by atoms with Crippen LogP contribution in [0.2, 0.25) is 0 Å². The fraction of sp³-hybridized carbons (Fsp3) is 0.111. The lowest BCUT2D eigenvalue weighted by atomic mass is 10.2. The SMILES string of the molecule is CN=C(N=C=S)c1ccccc1. The Bertz CT molecular complexity index is 324. The highest BCUT2D eigenvalue weighted by Crippen LogP contribution is 2.00. The van der Waals surface area contributed by atoms with Crippen molar-refractivity contribution in [2.24, 2.45) is 9.98 Å². The summed E-state index contributed by atoms with van der Waals surface area (Å²) in [6.45, 7) is 0. The Morgan fingerprint density at radius 2 is 2.00 bits per heavy atom. The van der Waals surface area contributed by atoms with E-state index in [9.17, 15) is 0 Å². The van der Waals surface area contributed by atoms with E-state index in [1.807, 2.05) is 30.3 Å². The topological polar surface area (TPSA) is 24.7 Å². The Kier molecular flexibility index (Phi) is 3.33. The van der Waals surface area contributed by atoms with E-state index in [1.165, 1.54) is 0 Å². The molecule has 1 aromatic rings. The molecule has 0 spiro atoms. The fourth-order valence-electron chi connectivity index (χ4n) is 0.874. The molecule has 0 radical (unpaired) electrons. The Balaban J connectivity index is 3.05. The molecule has 0 bridgehead atoms. The van der Waals surface area contributed by atoms with Gasteiger partial charge in [-0.25, -0.2) is 0 Å². The number of hydrogen-bond donors (Lipinski definition) is 0. The lowest BCUT2D eigenvalue weighted by Crippen LogP contribution is -1.94. The van der Waals surface area contributed by atoms with Crippen molar-refractivity contribution in [3.05, 3.63) is 35.9 Å². The summed E-state index contributed by atoms with van der Waals surface area (Å²) in [5.41, 5.74) is 0.956. The van der Waals surface area contributed by atoms with E-state index in [4.69, 9.17) is 0 Å². The molecule has 0 fully saturated rings. The van der Waals surface area contributed by atoms with Gasteiger partial charge >= 0.3 is 0 Å². The van der Waals surface area contributed by atoms with Crippen LogP contribution in [-0.4, -0.2) is 18.0 Å². The standard InChI is InChI=1S/C9H8N2S/c1-10-9(11-7-12)8-5-3-2-4-6-8/h2-6H,1H3. The second-order valence-corrected chi connectivity index (χ2v) is 2.30. The van der Waals surface area contributed by atoms with Crippen LogP contribution in [0.4, 0.5) is 0 Å².